The highest BCUT2D eigenvalue weighted by Gasteiger charge is 2.24. The zero-order chi connectivity index (χ0) is 16.9. The van der Waals surface area contributed by atoms with Crippen LogP contribution in [-0.2, 0) is 21.1 Å². The van der Waals surface area contributed by atoms with Crippen LogP contribution in [0.15, 0.2) is 24.3 Å². The number of benzene rings is 1. The Balaban J connectivity index is 1.76. The number of carbonyl (C=O) groups excluding carboxylic acids is 1. The molecule has 0 aliphatic carbocycles. The lowest BCUT2D eigenvalue weighted by atomic mass is 9.98. The van der Waals surface area contributed by atoms with E-state index in [1.165, 1.54) is 6.26 Å². The number of carbonyl (C=O) groups is 1. The molecular weight excluding hydrogens is 314 g/mol. The van der Waals surface area contributed by atoms with Crippen molar-refractivity contribution < 1.29 is 17.9 Å². The van der Waals surface area contributed by atoms with Crippen LogP contribution in [0.25, 0.3) is 0 Å². The van der Waals surface area contributed by atoms with Crippen LogP contribution >= 0.6 is 0 Å². The zero-order valence-corrected chi connectivity index (χ0v) is 14.6. The number of hydrogen-bond acceptors (Lipinski definition) is 4. The van der Waals surface area contributed by atoms with Crippen molar-refractivity contribution in [1.29, 1.82) is 0 Å². The van der Waals surface area contributed by atoms with E-state index in [1.54, 1.807) is 7.11 Å². The SMILES string of the molecule is COc1ccc(CCC(=O)N2CCC(CS(C)(=O)=O)CC2)cc1. The van der Waals surface area contributed by atoms with Gasteiger partial charge in [-0.2, -0.15) is 0 Å². The minimum atomic E-state index is -2.93. The first kappa shape index (κ1) is 17.8. The van der Waals surface area contributed by atoms with Crippen LogP contribution in [0.5, 0.6) is 5.75 Å². The average molecular weight is 339 g/mol. The molecule has 23 heavy (non-hydrogen) atoms. The minimum absolute atomic E-state index is 0.152. The standard InChI is InChI=1S/C17H25NO4S/c1-22-16-6-3-14(4-7-16)5-8-17(19)18-11-9-15(10-12-18)13-23(2,20)21/h3-4,6-7,15H,5,8-13H2,1-2H3. The lowest BCUT2D eigenvalue weighted by molar-refractivity contribution is -0.132. The molecule has 0 N–H and O–H groups in total. The smallest absolute Gasteiger partial charge is 0.222 e. The molecule has 0 radical (unpaired) electrons. The summed E-state index contributed by atoms with van der Waals surface area (Å²) >= 11 is 0. The fourth-order valence-corrected chi connectivity index (χ4v) is 4.17. The molecule has 1 aliphatic rings. The molecule has 0 spiro atoms. The summed E-state index contributed by atoms with van der Waals surface area (Å²) in [6.07, 6.45) is 4.04. The van der Waals surface area contributed by atoms with E-state index in [1.807, 2.05) is 29.2 Å². The molecule has 1 heterocycles. The second-order valence-electron chi connectivity index (χ2n) is 6.26. The number of amides is 1. The van der Waals surface area contributed by atoms with E-state index >= 15 is 0 Å². The maximum absolute atomic E-state index is 12.3. The van der Waals surface area contributed by atoms with Crippen molar-refractivity contribution >= 4 is 15.7 Å². The topological polar surface area (TPSA) is 63.7 Å². The third kappa shape index (κ3) is 5.86. The van der Waals surface area contributed by atoms with Crippen LogP contribution in [-0.4, -0.2) is 51.4 Å². The van der Waals surface area contributed by atoms with E-state index in [4.69, 9.17) is 4.74 Å². The van der Waals surface area contributed by atoms with Gasteiger partial charge in [0.2, 0.25) is 5.91 Å². The summed E-state index contributed by atoms with van der Waals surface area (Å²) in [5.41, 5.74) is 1.12. The second-order valence-corrected chi connectivity index (χ2v) is 8.45. The van der Waals surface area contributed by atoms with Crippen LogP contribution in [0, 0.1) is 5.92 Å². The van der Waals surface area contributed by atoms with Gasteiger partial charge < -0.3 is 9.64 Å². The number of ether oxygens (including phenoxy) is 1. The number of likely N-dealkylation sites (tertiary alicyclic amines) is 1. The number of hydrogen-bond donors (Lipinski definition) is 0. The largest absolute Gasteiger partial charge is 0.497 e. The van der Waals surface area contributed by atoms with Gasteiger partial charge in [0, 0.05) is 25.8 Å². The van der Waals surface area contributed by atoms with Gasteiger partial charge in [-0.3, -0.25) is 4.79 Å². The van der Waals surface area contributed by atoms with Crippen molar-refractivity contribution in [3.63, 3.8) is 0 Å². The average Bonchev–Trinajstić information content (AvgIpc) is 2.52. The van der Waals surface area contributed by atoms with E-state index in [0.29, 0.717) is 25.9 Å². The molecule has 0 atom stereocenters. The van der Waals surface area contributed by atoms with E-state index in [2.05, 4.69) is 0 Å². The first-order valence-corrected chi connectivity index (χ1v) is 10.0. The monoisotopic (exact) mass is 339 g/mol. The molecule has 2 rings (SSSR count). The first-order valence-electron chi connectivity index (χ1n) is 7.96. The summed E-state index contributed by atoms with van der Waals surface area (Å²) in [6.45, 7) is 1.34. The predicted molar refractivity (Wildman–Crippen MR) is 90.3 cm³/mol. The van der Waals surface area contributed by atoms with Gasteiger partial charge in [0.1, 0.15) is 15.6 Å². The molecule has 0 unspecified atom stereocenters. The van der Waals surface area contributed by atoms with Gasteiger partial charge in [-0.1, -0.05) is 12.1 Å². The molecule has 128 valence electrons. The third-order valence-electron chi connectivity index (χ3n) is 4.29. The van der Waals surface area contributed by atoms with Gasteiger partial charge in [0.25, 0.3) is 0 Å². The van der Waals surface area contributed by atoms with Crippen LogP contribution < -0.4 is 4.74 Å². The highest BCUT2D eigenvalue weighted by Crippen LogP contribution is 2.20. The molecule has 1 fully saturated rings. The van der Waals surface area contributed by atoms with Gasteiger partial charge in [-0.25, -0.2) is 8.42 Å². The molecule has 6 heteroatoms. The number of aryl methyl sites for hydroxylation is 1. The van der Waals surface area contributed by atoms with Gasteiger partial charge in [0.15, 0.2) is 0 Å². The Morgan fingerprint density at radius 1 is 1.22 bits per heavy atom. The van der Waals surface area contributed by atoms with Crippen LogP contribution in [0.1, 0.15) is 24.8 Å². The van der Waals surface area contributed by atoms with Crippen molar-refractivity contribution in [3.05, 3.63) is 29.8 Å². The Bertz CT molecular complexity index is 616. The molecule has 1 saturated heterocycles. The summed E-state index contributed by atoms with van der Waals surface area (Å²) < 4.78 is 27.8. The van der Waals surface area contributed by atoms with Gasteiger partial charge in [-0.05, 0) is 42.9 Å². The molecule has 1 aliphatic heterocycles. The van der Waals surface area contributed by atoms with Gasteiger partial charge in [-0.15, -0.1) is 0 Å². The second kappa shape index (κ2) is 7.81. The van der Waals surface area contributed by atoms with Gasteiger partial charge >= 0.3 is 0 Å². The number of piperidine rings is 1. The lowest BCUT2D eigenvalue weighted by Gasteiger charge is -2.31. The van der Waals surface area contributed by atoms with Crippen molar-refractivity contribution in [2.45, 2.75) is 25.7 Å². The number of methoxy groups -OCH3 is 1. The van der Waals surface area contributed by atoms with Gasteiger partial charge in [0.05, 0.1) is 12.9 Å². The Kier molecular flexibility index (Phi) is 6.04. The number of nitrogens with zero attached hydrogens (tertiary/aromatic N) is 1. The highest BCUT2D eigenvalue weighted by atomic mass is 32.2. The quantitative estimate of drug-likeness (QED) is 0.794. The van der Waals surface area contributed by atoms with Crippen LogP contribution in [0.2, 0.25) is 0 Å². The Labute approximate surface area is 138 Å². The number of rotatable bonds is 6. The summed E-state index contributed by atoms with van der Waals surface area (Å²) in [5.74, 6) is 1.39. The van der Waals surface area contributed by atoms with Crippen LogP contribution in [0.3, 0.4) is 0 Å². The first-order chi connectivity index (χ1) is 10.9. The van der Waals surface area contributed by atoms with E-state index in [0.717, 1.165) is 24.2 Å². The maximum Gasteiger partial charge on any atom is 0.222 e. The Hall–Kier alpha value is -1.56. The van der Waals surface area contributed by atoms with E-state index in [-0.39, 0.29) is 17.6 Å². The maximum atomic E-state index is 12.3. The van der Waals surface area contributed by atoms with E-state index in [9.17, 15) is 13.2 Å². The molecule has 0 saturated carbocycles. The summed E-state index contributed by atoms with van der Waals surface area (Å²) in [7, 11) is -1.30. The Morgan fingerprint density at radius 3 is 2.35 bits per heavy atom. The summed E-state index contributed by atoms with van der Waals surface area (Å²) in [5, 5.41) is 0. The fourth-order valence-electron chi connectivity index (χ4n) is 2.98. The van der Waals surface area contributed by atoms with Crippen molar-refractivity contribution in [2.75, 3.05) is 32.2 Å². The number of sulfone groups is 1. The zero-order valence-electron chi connectivity index (χ0n) is 13.8. The fraction of sp³-hybridized carbons (Fsp3) is 0.588. The normalized spacial score (nSPS) is 16.3. The molecule has 1 aromatic rings. The molecule has 1 amide bonds. The molecule has 0 aromatic heterocycles. The summed E-state index contributed by atoms with van der Waals surface area (Å²) in [6, 6.07) is 7.75. The molecular formula is C17H25NO4S. The highest BCUT2D eigenvalue weighted by molar-refractivity contribution is 7.90. The lowest BCUT2D eigenvalue weighted by Crippen LogP contribution is -2.39. The molecule has 5 nitrogen and oxygen atoms in total. The van der Waals surface area contributed by atoms with Crippen molar-refractivity contribution in [3.8, 4) is 5.75 Å². The predicted octanol–water partition coefficient (Wildman–Crippen LogP) is 1.91. The summed E-state index contributed by atoms with van der Waals surface area (Å²) in [4.78, 5) is 14.1. The van der Waals surface area contributed by atoms with E-state index < -0.39 is 9.84 Å². The van der Waals surface area contributed by atoms with Crippen molar-refractivity contribution in [1.82, 2.24) is 4.90 Å². The van der Waals surface area contributed by atoms with Crippen molar-refractivity contribution in [2.24, 2.45) is 5.92 Å². The molecule has 0 bridgehead atoms. The molecule has 1 aromatic carbocycles. The minimum Gasteiger partial charge on any atom is -0.497 e. The third-order valence-corrected chi connectivity index (χ3v) is 5.37. The van der Waals surface area contributed by atoms with Crippen LogP contribution in [0.4, 0.5) is 0 Å². The Morgan fingerprint density at radius 2 is 1.83 bits per heavy atom.